The summed E-state index contributed by atoms with van der Waals surface area (Å²) < 4.78 is 5.73. The summed E-state index contributed by atoms with van der Waals surface area (Å²) in [6.45, 7) is 4.12. The van der Waals surface area contributed by atoms with Crippen molar-refractivity contribution in [2.24, 2.45) is 5.92 Å². The standard InChI is InChI=1S/C16H17N3O/c1-9-3-5-13-11(7-9)15(12(8-17)16(18)19-13)14-6-4-10(2)20-14/h4,6,9H,3,5,7H2,1-2H3,(H2,18,19). The Kier molecular flexibility index (Phi) is 2.98. The predicted octanol–water partition coefficient (Wildman–Crippen LogP) is 3.23. The van der Waals surface area contributed by atoms with E-state index in [2.05, 4.69) is 18.0 Å². The van der Waals surface area contributed by atoms with Gasteiger partial charge in [0, 0.05) is 11.3 Å². The Balaban J connectivity index is 2.30. The lowest BCUT2D eigenvalue weighted by atomic mass is 9.83. The first-order valence-electron chi connectivity index (χ1n) is 6.88. The van der Waals surface area contributed by atoms with Crippen molar-refractivity contribution in [3.8, 4) is 17.4 Å². The summed E-state index contributed by atoms with van der Waals surface area (Å²) in [5, 5.41) is 9.42. The second-order valence-corrected chi connectivity index (χ2v) is 5.54. The molecule has 0 fully saturated rings. The molecular weight excluding hydrogens is 250 g/mol. The van der Waals surface area contributed by atoms with Gasteiger partial charge in [0.25, 0.3) is 0 Å². The summed E-state index contributed by atoms with van der Waals surface area (Å²) in [4.78, 5) is 4.43. The van der Waals surface area contributed by atoms with Crippen LogP contribution in [0, 0.1) is 24.2 Å². The molecule has 0 amide bonds. The Morgan fingerprint density at radius 3 is 2.90 bits per heavy atom. The number of aryl methyl sites for hydroxylation is 2. The number of nitrogen functional groups attached to an aromatic ring is 1. The predicted molar refractivity (Wildman–Crippen MR) is 77.0 cm³/mol. The quantitative estimate of drug-likeness (QED) is 0.860. The SMILES string of the molecule is Cc1ccc(-c2c(C#N)c(N)nc3c2CC(C)CC3)o1. The lowest BCUT2D eigenvalue weighted by molar-refractivity contribution is 0.492. The topological polar surface area (TPSA) is 75.8 Å². The molecule has 0 saturated heterocycles. The molecule has 2 aromatic rings. The fourth-order valence-electron chi connectivity index (χ4n) is 2.91. The van der Waals surface area contributed by atoms with Crippen molar-refractivity contribution in [1.29, 1.82) is 5.26 Å². The first kappa shape index (κ1) is 12.7. The Hall–Kier alpha value is -2.28. The molecule has 1 atom stereocenters. The van der Waals surface area contributed by atoms with Crippen molar-refractivity contribution < 1.29 is 4.42 Å². The number of hydrogen-bond acceptors (Lipinski definition) is 4. The average Bonchev–Trinajstić information content (AvgIpc) is 2.84. The van der Waals surface area contributed by atoms with E-state index in [1.807, 2.05) is 19.1 Å². The summed E-state index contributed by atoms with van der Waals surface area (Å²) in [5.74, 6) is 2.45. The number of aromatic nitrogens is 1. The van der Waals surface area contributed by atoms with E-state index in [0.29, 0.717) is 17.3 Å². The van der Waals surface area contributed by atoms with Crippen LogP contribution in [-0.2, 0) is 12.8 Å². The van der Waals surface area contributed by atoms with Gasteiger partial charge in [-0.25, -0.2) is 4.98 Å². The Bertz CT molecular complexity index is 709. The largest absolute Gasteiger partial charge is 0.461 e. The smallest absolute Gasteiger partial charge is 0.142 e. The van der Waals surface area contributed by atoms with Crippen molar-refractivity contribution in [3.05, 3.63) is 34.7 Å². The second kappa shape index (κ2) is 4.68. The normalized spacial score (nSPS) is 17.6. The molecule has 0 radical (unpaired) electrons. The first-order valence-corrected chi connectivity index (χ1v) is 6.88. The number of rotatable bonds is 1. The Morgan fingerprint density at radius 2 is 2.25 bits per heavy atom. The molecule has 2 aromatic heterocycles. The van der Waals surface area contributed by atoms with Crippen molar-refractivity contribution >= 4 is 5.82 Å². The highest BCUT2D eigenvalue weighted by Crippen LogP contribution is 2.37. The van der Waals surface area contributed by atoms with Crippen LogP contribution in [0.1, 0.15) is 35.9 Å². The van der Waals surface area contributed by atoms with E-state index < -0.39 is 0 Å². The van der Waals surface area contributed by atoms with Crippen LogP contribution in [0.25, 0.3) is 11.3 Å². The highest BCUT2D eigenvalue weighted by atomic mass is 16.3. The van der Waals surface area contributed by atoms with Gasteiger partial charge in [-0.2, -0.15) is 5.26 Å². The van der Waals surface area contributed by atoms with Crippen LogP contribution in [0.3, 0.4) is 0 Å². The van der Waals surface area contributed by atoms with E-state index >= 15 is 0 Å². The van der Waals surface area contributed by atoms with Gasteiger partial charge in [-0.1, -0.05) is 6.92 Å². The number of nitrogens with two attached hydrogens (primary N) is 1. The molecule has 0 bridgehead atoms. The average molecular weight is 267 g/mol. The van der Waals surface area contributed by atoms with Crippen molar-refractivity contribution in [3.63, 3.8) is 0 Å². The lowest BCUT2D eigenvalue weighted by Crippen LogP contribution is -2.16. The Morgan fingerprint density at radius 1 is 1.45 bits per heavy atom. The molecule has 0 spiro atoms. The highest BCUT2D eigenvalue weighted by molar-refractivity contribution is 5.76. The first-order chi connectivity index (χ1) is 9.60. The van der Waals surface area contributed by atoms with Crippen molar-refractivity contribution in [2.45, 2.75) is 33.1 Å². The molecule has 0 aromatic carbocycles. The van der Waals surface area contributed by atoms with Crippen LogP contribution in [0.4, 0.5) is 5.82 Å². The van der Waals surface area contributed by atoms with E-state index in [-0.39, 0.29) is 0 Å². The maximum Gasteiger partial charge on any atom is 0.142 e. The molecule has 1 aliphatic rings. The summed E-state index contributed by atoms with van der Waals surface area (Å²) in [6.07, 6.45) is 2.95. The minimum atomic E-state index is 0.310. The third-order valence-electron chi connectivity index (χ3n) is 3.94. The van der Waals surface area contributed by atoms with Gasteiger partial charge >= 0.3 is 0 Å². The van der Waals surface area contributed by atoms with E-state index in [1.165, 1.54) is 0 Å². The molecular formula is C16H17N3O. The Labute approximate surface area is 118 Å². The number of furan rings is 1. The molecule has 3 rings (SSSR count). The number of nitriles is 1. The third-order valence-corrected chi connectivity index (χ3v) is 3.94. The van der Waals surface area contributed by atoms with E-state index in [1.54, 1.807) is 0 Å². The number of hydrogen-bond donors (Lipinski definition) is 1. The molecule has 0 saturated carbocycles. The monoisotopic (exact) mass is 267 g/mol. The van der Waals surface area contributed by atoms with Gasteiger partial charge in [0.05, 0.1) is 0 Å². The molecule has 2 heterocycles. The van der Waals surface area contributed by atoms with Crippen LogP contribution < -0.4 is 5.73 Å². The number of fused-ring (bicyclic) bond motifs is 1. The van der Waals surface area contributed by atoms with Gasteiger partial charge in [0.15, 0.2) is 0 Å². The second-order valence-electron chi connectivity index (χ2n) is 5.54. The van der Waals surface area contributed by atoms with Gasteiger partial charge in [-0.15, -0.1) is 0 Å². The molecule has 0 aliphatic heterocycles. The summed E-state index contributed by atoms with van der Waals surface area (Å²) in [7, 11) is 0. The van der Waals surface area contributed by atoms with Gasteiger partial charge in [0.1, 0.15) is 29.0 Å². The van der Waals surface area contributed by atoms with Crippen molar-refractivity contribution in [2.75, 3.05) is 5.73 Å². The molecule has 1 aliphatic carbocycles. The van der Waals surface area contributed by atoms with Crippen LogP contribution in [0.15, 0.2) is 16.5 Å². The van der Waals surface area contributed by atoms with Crippen LogP contribution >= 0.6 is 0 Å². The zero-order valence-electron chi connectivity index (χ0n) is 11.7. The van der Waals surface area contributed by atoms with Crippen molar-refractivity contribution in [1.82, 2.24) is 4.98 Å². The van der Waals surface area contributed by atoms with E-state index in [9.17, 15) is 5.26 Å². The van der Waals surface area contributed by atoms with Gasteiger partial charge in [0.2, 0.25) is 0 Å². The van der Waals surface area contributed by atoms with Crippen LogP contribution in [-0.4, -0.2) is 4.98 Å². The van der Waals surface area contributed by atoms with E-state index in [0.717, 1.165) is 47.6 Å². The summed E-state index contributed by atoms with van der Waals surface area (Å²) in [5.41, 5.74) is 9.38. The number of pyridine rings is 1. The maximum absolute atomic E-state index is 9.42. The summed E-state index contributed by atoms with van der Waals surface area (Å²) >= 11 is 0. The molecule has 20 heavy (non-hydrogen) atoms. The van der Waals surface area contributed by atoms with Crippen LogP contribution in [0.2, 0.25) is 0 Å². The highest BCUT2D eigenvalue weighted by Gasteiger charge is 2.26. The third kappa shape index (κ3) is 1.96. The fourth-order valence-corrected chi connectivity index (χ4v) is 2.91. The molecule has 2 N–H and O–H groups in total. The van der Waals surface area contributed by atoms with Crippen LogP contribution in [0.5, 0.6) is 0 Å². The zero-order valence-corrected chi connectivity index (χ0v) is 11.7. The number of nitrogens with zero attached hydrogens (tertiary/aromatic N) is 2. The number of anilines is 1. The minimum absolute atomic E-state index is 0.310. The lowest BCUT2D eigenvalue weighted by Gasteiger charge is -2.24. The van der Waals surface area contributed by atoms with Gasteiger partial charge in [-0.3, -0.25) is 0 Å². The van der Waals surface area contributed by atoms with Gasteiger partial charge < -0.3 is 10.2 Å². The molecule has 102 valence electrons. The molecule has 4 heteroatoms. The minimum Gasteiger partial charge on any atom is -0.461 e. The molecule has 4 nitrogen and oxygen atoms in total. The van der Waals surface area contributed by atoms with E-state index in [4.69, 9.17) is 10.2 Å². The maximum atomic E-state index is 9.42. The van der Waals surface area contributed by atoms with Gasteiger partial charge in [-0.05, 0) is 49.8 Å². The molecule has 1 unspecified atom stereocenters. The fraction of sp³-hybridized carbons (Fsp3) is 0.375. The zero-order chi connectivity index (χ0) is 14.3. The summed E-state index contributed by atoms with van der Waals surface area (Å²) in [6, 6.07) is 6.00.